The second-order valence-electron chi connectivity index (χ2n) is 11.0. The summed E-state index contributed by atoms with van der Waals surface area (Å²) < 4.78 is 2.30. The van der Waals surface area contributed by atoms with E-state index >= 15 is 0 Å². The van der Waals surface area contributed by atoms with Gasteiger partial charge in [0.2, 0.25) is 5.95 Å². The molecular weight excluding hydrogens is 531 g/mol. The van der Waals surface area contributed by atoms with E-state index in [2.05, 4.69) is 132 Å². The molecule has 0 fully saturated rings. The number of fused-ring (bicyclic) bond motifs is 12. The van der Waals surface area contributed by atoms with Gasteiger partial charge in [-0.05, 0) is 51.2 Å². The molecular formula is C38H21N3S. The zero-order chi connectivity index (χ0) is 27.4. The first-order chi connectivity index (χ1) is 20.8. The topological polar surface area (TPSA) is 30.7 Å². The molecule has 0 atom stereocenters. The van der Waals surface area contributed by atoms with Crippen molar-refractivity contribution < 1.29 is 0 Å². The van der Waals surface area contributed by atoms with Crippen molar-refractivity contribution in [3.63, 3.8) is 0 Å². The Balaban J connectivity index is 1.44. The summed E-state index contributed by atoms with van der Waals surface area (Å²) >= 11 is 1.80. The standard InChI is InChI=1S/C38H21N3S/c1-2-11-23-22(10-1)20-21-28-33(23)24-12-3-4-13-25(24)37-34(28)26-14-5-7-17-30(26)41(37)38-39-29-16-9-19-32-35(29)36(40-38)27-15-6-8-18-31(27)42-32/h1-21H. The highest BCUT2D eigenvalue weighted by molar-refractivity contribution is 7.99. The summed E-state index contributed by atoms with van der Waals surface area (Å²) in [6.07, 6.45) is 0. The van der Waals surface area contributed by atoms with Gasteiger partial charge in [0.05, 0.1) is 22.2 Å². The fourth-order valence-corrected chi connectivity index (χ4v) is 8.15. The molecule has 2 aromatic heterocycles. The van der Waals surface area contributed by atoms with E-state index in [0.717, 1.165) is 33.2 Å². The molecule has 3 nitrogen and oxygen atoms in total. The molecule has 0 amide bonds. The molecule has 10 rings (SSSR count). The Morgan fingerprint density at radius 2 is 1.21 bits per heavy atom. The zero-order valence-corrected chi connectivity index (χ0v) is 23.2. The van der Waals surface area contributed by atoms with Crippen molar-refractivity contribution in [2.24, 2.45) is 0 Å². The molecule has 194 valence electrons. The molecule has 9 aromatic rings. The third kappa shape index (κ3) is 2.87. The first-order valence-electron chi connectivity index (χ1n) is 14.2. The van der Waals surface area contributed by atoms with E-state index in [9.17, 15) is 0 Å². The van der Waals surface area contributed by atoms with Crippen molar-refractivity contribution in [1.29, 1.82) is 0 Å². The molecule has 3 heterocycles. The van der Waals surface area contributed by atoms with E-state index in [1.165, 1.54) is 52.9 Å². The Bertz CT molecular complexity index is 2610. The molecule has 7 aromatic carbocycles. The maximum Gasteiger partial charge on any atom is 0.235 e. The average molecular weight is 552 g/mol. The second-order valence-corrected chi connectivity index (χ2v) is 12.0. The minimum absolute atomic E-state index is 0.702. The molecule has 0 N–H and O–H groups in total. The van der Waals surface area contributed by atoms with Crippen molar-refractivity contribution in [2.75, 3.05) is 0 Å². The van der Waals surface area contributed by atoms with Gasteiger partial charge in [0.15, 0.2) is 0 Å². The summed E-state index contributed by atoms with van der Waals surface area (Å²) in [4.78, 5) is 13.1. The lowest BCUT2D eigenvalue weighted by atomic mass is 9.93. The predicted molar refractivity (Wildman–Crippen MR) is 176 cm³/mol. The van der Waals surface area contributed by atoms with Crippen molar-refractivity contribution in [3.8, 4) is 17.2 Å². The number of aromatic nitrogens is 3. The summed E-state index contributed by atoms with van der Waals surface area (Å²) in [6, 6.07) is 45.8. The van der Waals surface area contributed by atoms with Crippen molar-refractivity contribution in [1.82, 2.24) is 14.5 Å². The quantitative estimate of drug-likeness (QED) is 0.190. The van der Waals surface area contributed by atoms with Crippen LogP contribution in [0.3, 0.4) is 0 Å². The van der Waals surface area contributed by atoms with Crippen LogP contribution in [0.5, 0.6) is 0 Å². The van der Waals surface area contributed by atoms with Gasteiger partial charge in [-0.1, -0.05) is 115 Å². The Labute approximate surface area is 245 Å². The number of benzene rings is 7. The molecule has 0 spiro atoms. The molecule has 1 aliphatic rings. The van der Waals surface area contributed by atoms with Gasteiger partial charge in [0, 0.05) is 36.9 Å². The molecule has 0 saturated carbocycles. The Kier molecular flexibility index (Phi) is 4.38. The minimum atomic E-state index is 0.702. The van der Waals surface area contributed by atoms with Crippen LogP contribution < -0.4 is 0 Å². The summed E-state index contributed by atoms with van der Waals surface area (Å²) in [5.74, 6) is 0.702. The van der Waals surface area contributed by atoms with Crippen molar-refractivity contribution >= 4 is 76.8 Å². The molecule has 42 heavy (non-hydrogen) atoms. The smallest absolute Gasteiger partial charge is 0.235 e. The van der Waals surface area contributed by atoms with Crippen LogP contribution in [0.15, 0.2) is 137 Å². The van der Waals surface area contributed by atoms with Crippen LogP contribution in [0.4, 0.5) is 0 Å². The van der Waals surface area contributed by atoms with E-state index < -0.39 is 0 Å². The monoisotopic (exact) mass is 551 g/mol. The average Bonchev–Trinajstić information content (AvgIpc) is 3.40. The van der Waals surface area contributed by atoms with Crippen molar-refractivity contribution in [3.05, 3.63) is 127 Å². The molecule has 0 bridgehead atoms. The predicted octanol–water partition coefficient (Wildman–Crippen LogP) is 10.3. The van der Waals surface area contributed by atoms with Gasteiger partial charge in [-0.2, -0.15) is 0 Å². The maximum absolute atomic E-state index is 5.39. The van der Waals surface area contributed by atoms with Gasteiger partial charge < -0.3 is 0 Å². The normalized spacial score (nSPS) is 12.7. The van der Waals surface area contributed by atoms with E-state index in [4.69, 9.17) is 9.97 Å². The van der Waals surface area contributed by atoms with Gasteiger partial charge in [-0.3, -0.25) is 4.57 Å². The summed E-state index contributed by atoms with van der Waals surface area (Å²) in [7, 11) is 0. The lowest BCUT2D eigenvalue weighted by Crippen LogP contribution is -2.06. The minimum Gasteiger partial charge on any atom is -0.277 e. The third-order valence-electron chi connectivity index (χ3n) is 8.76. The summed E-state index contributed by atoms with van der Waals surface area (Å²) in [5, 5.41) is 11.1. The number of hydrogen-bond acceptors (Lipinski definition) is 3. The van der Waals surface area contributed by atoms with Gasteiger partial charge in [-0.25, -0.2) is 9.97 Å². The van der Waals surface area contributed by atoms with E-state index in [0.29, 0.717) is 5.95 Å². The highest BCUT2D eigenvalue weighted by Crippen LogP contribution is 2.48. The first kappa shape index (κ1) is 22.5. The SMILES string of the molecule is c1ccc2c(c1)Sc1cccc3nc(-n4c5ccccc5c5c6ccc7ccccc7c6c6ccccc6c54)nc-2c13. The van der Waals surface area contributed by atoms with Crippen LogP contribution >= 0.6 is 11.8 Å². The van der Waals surface area contributed by atoms with Crippen LogP contribution in [0.2, 0.25) is 0 Å². The van der Waals surface area contributed by atoms with Gasteiger partial charge in [-0.15, -0.1) is 0 Å². The molecule has 4 heteroatoms. The third-order valence-corrected chi connectivity index (χ3v) is 9.90. The molecule has 1 aliphatic heterocycles. The molecule has 0 radical (unpaired) electrons. The highest BCUT2D eigenvalue weighted by atomic mass is 32.2. The largest absolute Gasteiger partial charge is 0.277 e. The number of para-hydroxylation sites is 1. The number of hydrogen-bond donors (Lipinski definition) is 0. The summed E-state index contributed by atoms with van der Waals surface area (Å²) in [6.45, 7) is 0. The first-order valence-corrected chi connectivity index (χ1v) is 15.0. The summed E-state index contributed by atoms with van der Waals surface area (Å²) in [5.41, 5.74) is 5.39. The van der Waals surface area contributed by atoms with Crippen molar-refractivity contribution in [2.45, 2.75) is 9.79 Å². The molecule has 0 saturated heterocycles. The van der Waals surface area contributed by atoms with Gasteiger partial charge in [0.1, 0.15) is 0 Å². The van der Waals surface area contributed by atoms with Gasteiger partial charge >= 0.3 is 0 Å². The van der Waals surface area contributed by atoms with Crippen LogP contribution in [0.25, 0.3) is 82.2 Å². The van der Waals surface area contributed by atoms with Crippen LogP contribution in [-0.2, 0) is 0 Å². The van der Waals surface area contributed by atoms with Crippen LogP contribution in [0.1, 0.15) is 0 Å². The van der Waals surface area contributed by atoms with Crippen LogP contribution in [-0.4, -0.2) is 14.5 Å². The number of rotatable bonds is 1. The lowest BCUT2D eigenvalue weighted by molar-refractivity contribution is 1.01. The molecule has 0 unspecified atom stereocenters. The Hall–Kier alpha value is -5.19. The maximum atomic E-state index is 5.39. The van der Waals surface area contributed by atoms with Crippen LogP contribution in [0, 0.1) is 0 Å². The zero-order valence-electron chi connectivity index (χ0n) is 22.4. The van der Waals surface area contributed by atoms with E-state index in [1.54, 1.807) is 11.8 Å². The Morgan fingerprint density at radius 1 is 0.476 bits per heavy atom. The Morgan fingerprint density at radius 3 is 2.14 bits per heavy atom. The second kappa shape index (κ2) is 8.19. The van der Waals surface area contributed by atoms with E-state index in [-0.39, 0.29) is 0 Å². The van der Waals surface area contributed by atoms with E-state index in [1.807, 2.05) is 0 Å². The number of nitrogens with zero attached hydrogens (tertiary/aromatic N) is 3. The molecule has 0 aliphatic carbocycles. The highest BCUT2D eigenvalue weighted by Gasteiger charge is 2.25. The fraction of sp³-hybridized carbons (Fsp3) is 0. The fourth-order valence-electron chi connectivity index (χ4n) is 7.04. The lowest BCUT2D eigenvalue weighted by Gasteiger charge is -2.20. The van der Waals surface area contributed by atoms with Gasteiger partial charge in [0.25, 0.3) is 0 Å².